The highest BCUT2D eigenvalue weighted by Gasteiger charge is 2.32. The Kier molecular flexibility index (Phi) is 4.90. The summed E-state index contributed by atoms with van der Waals surface area (Å²) < 4.78 is 0. The molecule has 0 aliphatic heterocycles. The molecule has 1 aromatic heterocycles. The molecule has 1 aliphatic carbocycles. The van der Waals surface area contributed by atoms with Gasteiger partial charge in [0.25, 0.3) is 0 Å². The lowest BCUT2D eigenvalue weighted by molar-refractivity contribution is 0.351. The fourth-order valence-corrected chi connectivity index (χ4v) is 3.51. The van der Waals surface area contributed by atoms with Crippen molar-refractivity contribution in [2.24, 2.45) is 0 Å². The third-order valence-electron chi connectivity index (χ3n) is 4.07. The molecular weight excluding hydrogens is 270 g/mol. The van der Waals surface area contributed by atoms with E-state index in [0.717, 1.165) is 23.0 Å². The summed E-state index contributed by atoms with van der Waals surface area (Å²) in [6.45, 7) is 8.81. The highest BCUT2D eigenvalue weighted by molar-refractivity contribution is 6.33. The summed E-state index contributed by atoms with van der Waals surface area (Å²) in [5.41, 5.74) is 0.965. The SMILES string of the molecule is CCc1ncnc(N(C2CCCCC2)C(C)(C)C)c1Cl. The molecule has 0 spiro atoms. The van der Waals surface area contributed by atoms with Gasteiger partial charge in [0.1, 0.15) is 11.3 Å². The van der Waals surface area contributed by atoms with Gasteiger partial charge in [-0.15, -0.1) is 0 Å². The minimum absolute atomic E-state index is 0.0189. The number of nitrogens with zero attached hydrogens (tertiary/aromatic N) is 3. The topological polar surface area (TPSA) is 29.0 Å². The Morgan fingerprint density at radius 2 is 1.85 bits per heavy atom. The van der Waals surface area contributed by atoms with Crippen LogP contribution in [0.15, 0.2) is 6.33 Å². The molecule has 1 aliphatic rings. The van der Waals surface area contributed by atoms with Crippen molar-refractivity contribution in [2.75, 3.05) is 4.90 Å². The van der Waals surface area contributed by atoms with Gasteiger partial charge < -0.3 is 4.90 Å². The number of aryl methyl sites for hydroxylation is 1. The van der Waals surface area contributed by atoms with Crippen LogP contribution >= 0.6 is 11.6 Å². The van der Waals surface area contributed by atoms with Crippen molar-refractivity contribution in [3.63, 3.8) is 0 Å². The van der Waals surface area contributed by atoms with Crippen molar-refractivity contribution in [1.29, 1.82) is 0 Å². The minimum atomic E-state index is 0.0189. The first-order valence-electron chi connectivity index (χ1n) is 7.74. The van der Waals surface area contributed by atoms with Crippen LogP contribution in [0, 0.1) is 0 Å². The second-order valence-electron chi connectivity index (χ2n) is 6.64. The van der Waals surface area contributed by atoms with Gasteiger partial charge in [-0.05, 0) is 40.0 Å². The predicted molar refractivity (Wildman–Crippen MR) is 85.5 cm³/mol. The third kappa shape index (κ3) is 3.25. The summed E-state index contributed by atoms with van der Waals surface area (Å²) in [5, 5.41) is 0.732. The minimum Gasteiger partial charge on any atom is -0.347 e. The molecule has 0 atom stereocenters. The molecule has 4 heteroatoms. The van der Waals surface area contributed by atoms with E-state index in [1.54, 1.807) is 6.33 Å². The predicted octanol–water partition coefficient (Wildman–Crippen LogP) is 4.63. The Morgan fingerprint density at radius 3 is 2.40 bits per heavy atom. The van der Waals surface area contributed by atoms with Crippen LogP contribution in [0.5, 0.6) is 0 Å². The molecule has 1 aromatic rings. The number of aromatic nitrogens is 2. The number of rotatable bonds is 3. The average Bonchev–Trinajstić information content (AvgIpc) is 2.41. The second kappa shape index (κ2) is 6.30. The van der Waals surface area contributed by atoms with E-state index in [1.807, 2.05) is 0 Å². The zero-order valence-corrected chi connectivity index (χ0v) is 13.9. The van der Waals surface area contributed by atoms with Gasteiger partial charge in [0.05, 0.1) is 5.69 Å². The van der Waals surface area contributed by atoms with Gasteiger partial charge in [0.2, 0.25) is 0 Å². The molecule has 0 bridgehead atoms. The van der Waals surface area contributed by atoms with E-state index in [-0.39, 0.29) is 5.54 Å². The quantitative estimate of drug-likeness (QED) is 0.814. The van der Waals surface area contributed by atoms with Crippen molar-refractivity contribution in [1.82, 2.24) is 9.97 Å². The van der Waals surface area contributed by atoms with E-state index in [2.05, 4.69) is 42.6 Å². The van der Waals surface area contributed by atoms with Gasteiger partial charge in [0, 0.05) is 11.6 Å². The Morgan fingerprint density at radius 1 is 1.20 bits per heavy atom. The van der Waals surface area contributed by atoms with Gasteiger partial charge in [-0.1, -0.05) is 37.8 Å². The molecule has 1 fully saturated rings. The van der Waals surface area contributed by atoms with Crippen molar-refractivity contribution in [2.45, 2.75) is 77.8 Å². The molecule has 0 aromatic carbocycles. The van der Waals surface area contributed by atoms with Gasteiger partial charge in [-0.3, -0.25) is 0 Å². The Labute approximate surface area is 127 Å². The molecule has 0 saturated heterocycles. The van der Waals surface area contributed by atoms with Gasteiger partial charge in [-0.2, -0.15) is 0 Å². The summed E-state index contributed by atoms with van der Waals surface area (Å²) in [5.74, 6) is 0.915. The molecule has 112 valence electrons. The summed E-state index contributed by atoms with van der Waals surface area (Å²) in [6.07, 6.45) is 8.93. The molecule has 0 unspecified atom stereocenters. The molecule has 0 radical (unpaired) electrons. The lowest BCUT2D eigenvalue weighted by Gasteiger charge is -2.44. The van der Waals surface area contributed by atoms with E-state index in [4.69, 9.17) is 11.6 Å². The maximum Gasteiger partial charge on any atom is 0.151 e. The van der Waals surface area contributed by atoms with Crippen LogP contribution in [0.4, 0.5) is 5.82 Å². The summed E-state index contributed by atoms with van der Waals surface area (Å²) in [6, 6.07) is 0.542. The maximum atomic E-state index is 6.56. The van der Waals surface area contributed by atoms with E-state index in [1.165, 1.54) is 32.1 Å². The van der Waals surface area contributed by atoms with E-state index in [0.29, 0.717) is 6.04 Å². The van der Waals surface area contributed by atoms with Gasteiger partial charge in [-0.25, -0.2) is 9.97 Å². The summed E-state index contributed by atoms with van der Waals surface area (Å²) >= 11 is 6.56. The number of hydrogen-bond acceptors (Lipinski definition) is 3. The van der Waals surface area contributed by atoms with Crippen molar-refractivity contribution in [3.8, 4) is 0 Å². The lowest BCUT2D eigenvalue weighted by Crippen LogP contribution is -2.50. The molecule has 0 amide bonds. The summed E-state index contributed by atoms with van der Waals surface area (Å²) in [4.78, 5) is 11.2. The van der Waals surface area contributed by atoms with Crippen LogP contribution < -0.4 is 4.90 Å². The van der Waals surface area contributed by atoms with Crippen molar-refractivity contribution >= 4 is 17.4 Å². The van der Waals surface area contributed by atoms with Crippen molar-refractivity contribution < 1.29 is 0 Å². The molecule has 3 nitrogen and oxygen atoms in total. The largest absolute Gasteiger partial charge is 0.347 e. The monoisotopic (exact) mass is 295 g/mol. The fraction of sp³-hybridized carbons (Fsp3) is 0.750. The third-order valence-corrected chi connectivity index (χ3v) is 4.46. The Bertz CT molecular complexity index is 448. The normalized spacial score (nSPS) is 17.2. The first kappa shape index (κ1) is 15.6. The zero-order valence-electron chi connectivity index (χ0n) is 13.1. The standard InChI is InChI=1S/C16H26ClN3/c1-5-13-14(17)15(19-11-18-13)20(16(2,3)4)12-9-7-6-8-10-12/h11-12H,5-10H2,1-4H3. The Hall–Kier alpha value is -0.830. The van der Waals surface area contributed by atoms with E-state index >= 15 is 0 Å². The van der Waals surface area contributed by atoms with Crippen LogP contribution in [0.25, 0.3) is 0 Å². The molecule has 1 saturated carbocycles. The smallest absolute Gasteiger partial charge is 0.151 e. The maximum absolute atomic E-state index is 6.56. The van der Waals surface area contributed by atoms with Crippen LogP contribution in [0.3, 0.4) is 0 Å². The average molecular weight is 296 g/mol. The first-order chi connectivity index (χ1) is 9.45. The zero-order chi connectivity index (χ0) is 14.8. The highest BCUT2D eigenvalue weighted by atomic mass is 35.5. The number of anilines is 1. The van der Waals surface area contributed by atoms with Crippen LogP contribution in [0.1, 0.15) is 65.5 Å². The fourth-order valence-electron chi connectivity index (χ4n) is 3.19. The van der Waals surface area contributed by atoms with Crippen LogP contribution in [-0.2, 0) is 6.42 Å². The van der Waals surface area contributed by atoms with E-state index in [9.17, 15) is 0 Å². The molecule has 2 rings (SSSR count). The lowest BCUT2D eigenvalue weighted by atomic mass is 9.90. The van der Waals surface area contributed by atoms with Gasteiger partial charge in [0.15, 0.2) is 5.82 Å². The molecule has 1 heterocycles. The summed E-state index contributed by atoms with van der Waals surface area (Å²) in [7, 11) is 0. The first-order valence-corrected chi connectivity index (χ1v) is 8.11. The highest BCUT2D eigenvalue weighted by Crippen LogP contribution is 2.36. The Balaban J connectivity index is 2.41. The molecule has 20 heavy (non-hydrogen) atoms. The molecular formula is C16H26ClN3. The van der Waals surface area contributed by atoms with Crippen LogP contribution in [-0.4, -0.2) is 21.5 Å². The van der Waals surface area contributed by atoms with Crippen molar-refractivity contribution in [3.05, 3.63) is 17.0 Å². The second-order valence-corrected chi connectivity index (χ2v) is 7.02. The molecule has 0 N–H and O–H groups in total. The van der Waals surface area contributed by atoms with E-state index < -0.39 is 0 Å². The van der Waals surface area contributed by atoms with Crippen LogP contribution in [0.2, 0.25) is 5.02 Å². The number of hydrogen-bond donors (Lipinski definition) is 0. The van der Waals surface area contributed by atoms with Gasteiger partial charge >= 0.3 is 0 Å². The number of halogens is 1.